The second kappa shape index (κ2) is 5.04. The van der Waals surface area contributed by atoms with Gasteiger partial charge in [-0.3, -0.25) is 0 Å². The number of aryl methyl sites for hydroxylation is 2. The van der Waals surface area contributed by atoms with Crippen LogP contribution < -0.4 is 10.5 Å². The summed E-state index contributed by atoms with van der Waals surface area (Å²) in [6.07, 6.45) is 0. The van der Waals surface area contributed by atoms with Gasteiger partial charge in [0.05, 0.1) is 13.2 Å². The van der Waals surface area contributed by atoms with E-state index in [1.54, 1.807) is 13.2 Å². The maximum absolute atomic E-state index is 6.24. The lowest BCUT2D eigenvalue weighted by Crippen LogP contribution is -2.12. The van der Waals surface area contributed by atoms with Crippen molar-refractivity contribution in [1.82, 2.24) is 0 Å². The van der Waals surface area contributed by atoms with E-state index in [4.69, 9.17) is 26.5 Å². The van der Waals surface area contributed by atoms with Crippen molar-refractivity contribution >= 4 is 11.6 Å². The van der Waals surface area contributed by atoms with Gasteiger partial charge >= 0.3 is 0 Å². The predicted molar refractivity (Wildman–Crippen MR) is 72.2 cm³/mol. The van der Waals surface area contributed by atoms with Crippen LogP contribution in [0.3, 0.4) is 0 Å². The minimum Gasteiger partial charge on any atom is -0.497 e. The van der Waals surface area contributed by atoms with E-state index in [0.29, 0.717) is 5.02 Å². The van der Waals surface area contributed by atoms with Gasteiger partial charge in [0.25, 0.3) is 0 Å². The van der Waals surface area contributed by atoms with Crippen molar-refractivity contribution in [3.8, 4) is 5.75 Å². The summed E-state index contributed by atoms with van der Waals surface area (Å²) in [6.45, 7) is 3.80. The lowest BCUT2D eigenvalue weighted by molar-refractivity contribution is 0.414. The quantitative estimate of drug-likeness (QED) is 0.922. The molecular weight excluding hydrogens is 250 g/mol. The number of furan rings is 1. The molecule has 0 aliphatic rings. The molecule has 0 saturated heterocycles. The first-order valence-corrected chi connectivity index (χ1v) is 6.06. The first-order chi connectivity index (χ1) is 8.52. The van der Waals surface area contributed by atoms with E-state index in [0.717, 1.165) is 28.4 Å². The van der Waals surface area contributed by atoms with Crippen LogP contribution in [0.4, 0.5) is 0 Å². The second-order valence-electron chi connectivity index (χ2n) is 4.23. The molecule has 3 nitrogen and oxygen atoms in total. The Kier molecular flexibility index (Phi) is 3.64. The molecule has 0 radical (unpaired) electrons. The molecule has 0 aliphatic heterocycles. The van der Waals surface area contributed by atoms with Crippen LogP contribution >= 0.6 is 11.6 Å². The van der Waals surface area contributed by atoms with E-state index in [9.17, 15) is 0 Å². The molecule has 2 rings (SSSR count). The minimum absolute atomic E-state index is 0.291. The average Bonchev–Trinajstić information content (AvgIpc) is 2.67. The van der Waals surface area contributed by atoms with Crippen molar-refractivity contribution in [1.29, 1.82) is 0 Å². The summed E-state index contributed by atoms with van der Waals surface area (Å²) < 4.78 is 10.6. The molecule has 1 heterocycles. The van der Waals surface area contributed by atoms with E-state index < -0.39 is 0 Å². The molecule has 18 heavy (non-hydrogen) atoms. The average molecular weight is 266 g/mol. The zero-order valence-electron chi connectivity index (χ0n) is 10.7. The fraction of sp³-hybridized carbons (Fsp3) is 0.286. The number of hydrogen-bond acceptors (Lipinski definition) is 3. The Labute approximate surface area is 111 Å². The van der Waals surface area contributed by atoms with Gasteiger partial charge in [0.15, 0.2) is 0 Å². The molecule has 4 heteroatoms. The fourth-order valence-electron chi connectivity index (χ4n) is 2.01. The van der Waals surface area contributed by atoms with Crippen LogP contribution in [0, 0.1) is 13.8 Å². The Balaban J connectivity index is 2.39. The van der Waals surface area contributed by atoms with Gasteiger partial charge in [0, 0.05) is 10.6 Å². The van der Waals surface area contributed by atoms with Crippen molar-refractivity contribution in [2.24, 2.45) is 5.73 Å². The summed E-state index contributed by atoms with van der Waals surface area (Å²) in [5.74, 6) is 2.39. The summed E-state index contributed by atoms with van der Waals surface area (Å²) in [4.78, 5) is 0. The van der Waals surface area contributed by atoms with Gasteiger partial charge in [-0.2, -0.15) is 0 Å². The van der Waals surface area contributed by atoms with Crippen molar-refractivity contribution in [3.05, 3.63) is 51.9 Å². The van der Waals surface area contributed by atoms with Crippen LogP contribution in [0.15, 0.2) is 28.7 Å². The molecule has 1 atom stereocenters. The molecule has 2 N–H and O–H groups in total. The molecule has 0 bridgehead atoms. The largest absolute Gasteiger partial charge is 0.497 e. The lowest BCUT2D eigenvalue weighted by Gasteiger charge is -2.14. The van der Waals surface area contributed by atoms with Crippen LogP contribution in [-0.2, 0) is 0 Å². The van der Waals surface area contributed by atoms with E-state index >= 15 is 0 Å². The monoisotopic (exact) mass is 265 g/mol. The number of rotatable bonds is 3. The topological polar surface area (TPSA) is 48.4 Å². The normalized spacial score (nSPS) is 12.5. The maximum Gasteiger partial charge on any atom is 0.120 e. The van der Waals surface area contributed by atoms with Crippen LogP contribution in [0.1, 0.15) is 28.7 Å². The van der Waals surface area contributed by atoms with Crippen LogP contribution in [-0.4, -0.2) is 7.11 Å². The van der Waals surface area contributed by atoms with Gasteiger partial charge in [0.2, 0.25) is 0 Å². The van der Waals surface area contributed by atoms with Crippen LogP contribution in [0.5, 0.6) is 5.75 Å². The number of ether oxygens (including phenoxy) is 1. The summed E-state index contributed by atoms with van der Waals surface area (Å²) in [5, 5.41) is 0.597. The lowest BCUT2D eigenvalue weighted by atomic mass is 10.00. The van der Waals surface area contributed by atoms with E-state index in [-0.39, 0.29) is 6.04 Å². The Morgan fingerprint density at radius 2 is 1.94 bits per heavy atom. The second-order valence-corrected chi connectivity index (χ2v) is 4.64. The molecule has 96 valence electrons. The third-order valence-electron chi connectivity index (χ3n) is 2.96. The molecule has 1 aromatic carbocycles. The van der Waals surface area contributed by atoms with Crippen molar-refractivity contribution in [3.63, 3.8) is 0 Å². The molecular formula is C14H16ClNO2. The maximum atomic E-state index is 6.24. The highest BCUT2D eigenvalue weighted by Gasteiger charge is 2.17. The molecule has 1 aromatic heterocycles. The summed E-state index contributed by atoms with van der Waals surface area (Å²) >= 11 is 6.22. The van der Waals surface area contributed by atoms with E-state index in [2.05, 4.69) is 0 Å². The third kappa shape index (κ3) is 2.37. The minimum atomic E-state index is -0.291. The van der Waals surface area contributed by atoms with Crippen LogP contribution in [0.2, 0.25) is 5.02 Å². The van der Waals surface area contributed by atoms with Gasteiger partial charge in [-0.1, -0.05) is 17.7 Å². The standard InChI is InChI=1S/C14H16ClNO2/c1-8-6-12(9(2)18-8)14(16)11-5-4-10(17-3)7-13(11)15/h4-7,14H,16H2,1-3H3. The predicted octanol–water partition coefficient (Wildman–Crippen LogP) is 3.61. The summed E-state index contributed by atoms with van der Waals surface area (Å²) in [6, 6.07) is 7.15. The van der Waals surface area contributed by atoms with Gasteiger partial charge in [-0.15, -0.1) is 0 Å². The summed E-state index contributed by atoms with van der Waals surface area (Å²) in [7, 11) is 1.61. The third-order valence-corrected chi connectivity index (χ3v) is 3.28. The molecule has 2 aromatic rings. The van der Waals surface area contributed by atoms with Gasteiger partial charge in [-0.05, 0) is 37.6 Å². The smallest absolute Gasteiger partial charge is 0.120 e. The van der Waals surface area contributed by atoms with E-state index in [1.807, 2.05) is 32.0 Å². The van der Waals surface area contributed by atoms with Gasteiger partial charge in [0.1, 0.15) is 17.3 Å². The molecule has 0 spiro atoms. The fourth-order valence-corrected chi connectivity index (χ4v) is 2.30. The summed E-state index contributed by atoms with van der Waals surface area (Å²) in [5.41, 5.74) is 8.06. The first-order valence-electron chi connectivity index (χ1n) is 5.69. The SMILES string of the molecule is COc1ccc(C(N)c2cc(C)oc2C)c(Cl)c1. The Hall–Kier alpha value is -1.45. The van der Waals surface area contributed by atoms with Gasteiger partial charge < -0.3 is 14.9 Å². The first kappa shape index (κ1) is 13.0. The zero-order valence-corrected chi connectivity index (χ0v) is 11.4. The zero-order chi connectivity index (χ0) is 13.3. The number of nitrogens with two attached hydrogens (primary N) is 1. The molecule has 0 amide bonds. The molecule has 0 fully saturated rings. The highest BCUT2D eigenvalue weighted by atomic mass is 35.5. The van der Waals surface area contributed by atoms with E-state index in [1.165, 1.54) is 0 Å². The van der Waals surface area contributed by atoms with Crippen molar-refractivity contribution < 1.29 is 9.15 Å². The number of methoxy groups -OCH3 is 1. The molecule has 0 aliphatic carbocycles. The highest BCUT2D eigenvalue weighted by Crippen LogP contribution is 2.32. The van der Waals surface area contributed by atoms with Crippen molar-refractivity contribution in [2.75, 3.05) is 7.11 Å². The Morgan fingerprint density at radius 1 is 1.22 bits per heavy atom. The number of halogens is 1. The Bertz CT molecular complexity index is 563. The Morgan fingerprint density at radius 3 is 2.44 bits per heavy atom. The number of hydrogen-bond donors (Lipinski definition) is 1. The molecule has 0 saturated carbocycles. The van der Waals surface area contributed by atoms with Gasteiger partial charge in [-0.25, -0.2) is 0 Å². The highest BCUT2D eigenvalue weighted by molar-refractivity contribution is 6.31. The number of benzene rings is 1. The molecule has 1 unspecified atom stereocenters. The van der Waals surface area contributed by atoms with Crippen LogP contribution in [0.25, 0.3) is 0 Å². The van der Waals surface area contributed by atoms with Crippen molar-refractivity contribution in [2.45, 2.75) is 19.9 Å².